The zero-order chi connectivity index (χ0) is 23.0. The first-order valence-electron chi connectivity index (χ1n) is 10.7. The predicted molar refractivity (Wildman–Crippen MR) is 126 cm³/mol. The van der Waals surface area contributed by atoms with Crippen LogP contribution in [0.15, 0.2) is 91.3 Å². The number of benzene rings is 2. The number of aromatic nitrogens is 1. The van der Waals surface area contributed by atoms with Gasteiger partial charge in [0.25, 0.3) is 5.91 Å². The van der Waals surface area contributed by atoms with Crippen LogP contribution in [0.5, 0.6) is 0 Å². The monoisotopic (exact) mass is 443 g/mol. The third kappa shape index (κ3) is 5.91. The Hall–Kier alpha value is -3.81. The second-order valence-electron chi connectivity index (χ2n) is 7.71. The Bertz CT molecular complexity index is 1100. The van der Waals surface area contributed by atoms with Crippen LogP contribution in [0.4, 0.5) is 5.69 Å². The molecule has 0 saturated heterocycles. The van der Waals surface area contributed by atoms with Crippen molar-refractivity contribution in [1.82, 2.24) is 10.3 Å². The van der Waals surface area contributed by atoms with E-state index in [1.807, 2.05) is 54.6 Å². The van der Waals surface area contributed by atoms with Gasteiger partial charge in [-0.3, -0.25) is 14.6 Å². The summed E-state index contributed by atoms with van der Waals surface area (Å²) in [7, 11) is 0. The summed E-state index contributed by atoms with van der Waals surface area (Å²) in [6.07, 6.45) is 5.52. The SMILES string of the molecule is O=C(C[C@@H]1C=C[C@@H](NC(=O)c2ccncc2)[C@H](CO)O1)Nc1ccc(-c2ccccc2)cc1. The Morgan fingerprint density at radius 2 is 1.61 bits per heavy atom. The van der Waals surface area contributed by atoms with Gasteiger partial charge in [0.1, 0.15) is 6.10 Å². The molecule has 3 N–H and O–H groups in total. The molecule has 2 amide bonds. The molecule has 7 nitrogen and oxygen atoms in total. The van der Waals surface area contributed by atoms with Gasteiger partial charge in [0, 0.05) is 23.6 Å². The van der Waals surface area contributed by atoms with Gasteiger partial charge < -0.3 is 20.5 Å². The van der Waals surface area contributed by atoms with Crippen LogP contribution in [0.2, 0.25) is 0 Å². The van der Waals surface area contributed by atoms with E-state index in [9.17, 15) is 14.7 Å². The normalized spacial score (nSPS) is 19.6. The number of aliphatic hydroxyl groups is 1. The average Bonchev–Trinajstić information content (AvgIpc) is 2.86. The molecule has 0 radical (unpaired) electrons. The summed E-state index contributed by atoms with van der Waals surface area (Å²) in [4.78, 5) is 28.8. The molecule has 2 aromatic carbocycles. The molecule has 168 valence electrons. The summed E-state index contributed by atoms with van der Waals surface area (Å²) >= 11 is 0. The Morgan fingerprint density at radius 3 is 2.30 bits per heavy atom. The predicted octanol–water partition coefficient (Wildman–Crippen LogP) is 3.19. The summed E-state index contributed by atoms with van der Waals surface area (Å²) in [5.74, 6) is -0.489. The maximum atomic E-state index is 12.5. The topological polar surface area (TPSA) is 101 Å². The van der Waals surface area contributed by atoms with Crippen LogP contribution in [0.1, 0.15) is 16.8 Å². The maximum absolute atomic E-state index is 12.5. The summed E-state index contributed by atoms with van der Waals surface area (Å²) in [5.41, 5.74) is 3.34. The summed E-state index contributed by atoms with van der Waals surface area (Å²) in [6, 6.07) is 20.4. The first-order valence-corrected chi connectivity index (χ1v) is 10.7. The number of ether oxygens (including phenoxy) is 1. The molecule has 2 heterocycles. The second kappa shape index (κ2) is 10.7. The van der Waals surface area contributed by atoms with Crippen molar-refractivity contribution in [1.29, 1.82) is 0 Å². The van der Waals surface area contributed by atoms with E-state index in [4.69, 9.17) is 4.74 Å². The van der Waals surface area contributed by atoms with Gasteiger partial charge in [-0.05, 0) is 35.4 Å². The molecule has 33 heavy (non-hydrogen) atoms. The highest BCUT2D eigenvalue weighted by molar-refractivity contribution is 5.94. The fourth-order valence-electron chi connectivity index (χ4n) is 3.65. The zero-order valence-corrected chi connectivity index (χ0v) is 17.9. The van der Waals surface area contributed by atoms with E-state index in [1.165, 1.54) is 12.4 Å². The highest BCUT2D eigenvalue weighted by atomic mass is 16.5. The van der Waals surface area contributed by atoms with Gasteiger partial charge in [0.05, 0.1) is 25.2 Å². The van der Waals surface area contributed by atoms with Crippen LogP contribution in [0.3, 0.4) is 0 Å². The molecule has 0 saturated carbocycles. The number of rotatable bonds is 7. The Morgan fingerprint density at radius 1 is 0.909 bits per heavy atom. The van der Waals surface area contributed by atoms with E-state index in [-0.39, 0.29) is 24.8 Å². The first kappa shape index (κ1) is 22.4. The van der Waals surface area contributed by atoms with Crippen molar-refractivity contribution in [2.75, 3.05) is 11.9 Å². The van der Waals surface area contributed by atoms with E-state index in [2.05, 4.69) is 15.6 Å². The Kier molecular flexibility index (Phi) is 7.24. The quantitative estimate of drug-likeness (QED) is 0.487. The number of hydrogen-bond acceptors (Lipinski definition) is 5. The van der Waals surface area contributed by atoms with Gasteiger partial charge in [-0.25, -0.2) is 0 Å². The molecule has 0 spiro atoms. The smallest absolute Gasteiger partial charge is 0.251 e. The van der Waals surface area contributed by atoms with Crippen LogP contribution >= 0.6 is 0 Å². The van der Waals surface area contributed by atoms with Gasteiger partial charge in [-0.1, -0.05) is 54.6 Å². The van der Waals surface area contributed by atoms with Crippen LogP contribution in [-0.4, -0.2) is 46.8 Å². The third-order valence-electron chi connectivity index (χ3n) is 5.37. The minimum absolute atomic E-state index is 0.0957. The maximum Gasteiger partial charge on any atom is 0.251 e. The molecular weight excluding hydrogens is 418 g/mol. The number of carbonyl (C=O) groups excluding carboxylic acids is 2. The van der Waals surface area contributed by atoms with E-state index >= 15 is 0 Å². The number of pyridine rings is 1. The Labute approximate surface area is 192 Å². The van der Waals surface area contributed by atoms with Crippen LogP contribution in [-0.2, 0) is 9.53 Å². The average molecular weight is 444 g/mol. The molecular formula is C26H25N3O4. The molecule has 0 aliphatic carbocycles. The molecule has 1 aromatic heterocycles. The van der Waals surface area contributed by atoms with Crippen molar-refractivity contribution in [3.63, 3.8) is 0 Å². The fraction of sp³-hybridized carbons (Fsp3) is 0.192. The van der Waals surface area contributed by atoms with Crippen LogP contribution in [0.25, 0.3) is 11.1 Å². The molecule has 4 rings (SSSR count). The molecule has 1 aliphatic heterocycles. The largest absolute Gasteiger partial charge is 0.394 e. The fourth-order valence-corrected chi connectivity index (χ4v) is 3.65. The standard InChI is InChI=1S/C26H25N3O4/c30-17-24-23(29-26(32)20-12-14-27-15-13-20)11-10-22(33-24)16-25(31)28-21-8-6-19(7-9-21)18-4-2-1-3-5-18/h1-15,22-24,30H,16-17H2,(H,28,31)(H,29,32)/t22-,23+,24-/m0/s1. The van der Waals surface area contributed by atoms with Gasteiger partial charge in [-0.15, -0.1) is 0 Å². The van der Waals surface area contributed by atoms with Gasteiger partial charge >= 0.3 is 0 Å². The lowest BCUT2D eigenvalue weighted by Crippen LogP contribution is -2.48. The Balaban J connectivity index is 1.32. The van der Waals surface area contributed by atoms with Gasteiger partial charge in [-0.2, -0.15) is 0 Å². The van der Waals surface area contributed by atoms with Crippen molar-refractivity contribution in [2.45, 2.75) is 24.7 Å². The molecule has 3 atom stereocenters. The summed E-state index contributed by atoms with van der Waals surface area (Å²) < 4.78 is 5.85. The molecule has 0 unspecified atom stereocenters. The lowest BCUT2D eigenvalue weighted by atomic mass is 10.0. The first-order chi connectivity index (χ1) is 16.1. The number of carbonyl (C=O) groups is 2. The second-order valence-corrected chi connectivity index (χ2v) is 7.71. The number of anilines is 1. The van der Waals surface area contributed by atoms with Crippen molar-refractivity contribution in [2.24, 2.45) is 0 Å². The van der Waals surface area contributed by atoms with E-state index in [0.29, 0.717) is 11.3 Å². The highest BCUT2D eigenvalue weighted by Gasteiger charge is 2.29. The molecule has 0 bridgehead atoms. The molecule has 0 fully saturated rings. The minimum atomic E-state index is -0.649. The summed E-state index contributed by atoms with van der Waals surface area (Å²) in [6.45, 7) is -0.287. The number of nitrogens with zero attached hydrogens (tertiary/aromatic N) is 1. The molecule has 7 heteroatoms. The van der Waals surface area contributed by atoms with Crippen molar-refractivity contribution >= 4 is 17.5 Å². The number of aliphatic hydroxyl groups excluding tert-OH is 1. The zero-order valence-electron chi connectivity index (χ0n) is 17.9. The molecule has 3 aromatic rings. The van der Waals surface area contributed by atoms with Gasteiger partial charge in [0.15, 0.2) is 0 Å². The summed E-state index contributed by atoms with van der Waals surface area (Å²) in [5, 5.41) is 15.4. The van der Waals surface area contributed by atoms with Crippen molar-refractivity contribution < 1.29 is 19.4 Å². The third-order valence-corrected chi connectivity index (χ3v) is 5.37. The van der Waals surface area contributed by atoms with Crippen molar-refractivity contribution in [3.05, 3.63) is 96.8 Å². The molecule has 1 aliphatic rings. The van der Waals surface area contributed by atoms with Crippen LogP contribution < -0.4 is 10.6 Å². The number of amides is 2. The number of nitrogens with one attached hydrogen (secondary N) is 2. The minimum Gasteiger partial charge on any atom is -0.394 e. The lowest BCUT2D eigenvalue weighted by Gasteiger charge is -2.31. The van der Waals surface area contributed by atoms with Gasteiger partial charge in [0.2, 0.25) is 5.91 Å². The van der Waals surface area contributed by atoms with Crippen molar-refractivity contribution in [3.8, 4) is 11.1 Å². The highest BCUT2D eigenvalue weighted by Crippen LogP contribution is 2.22. The van der Waals surface area contributed by atoms with E-state index in [1.54, 1.807) is 24.3 Å². The van der Waals surface area contributed by atoms with Crippen LogP contribution in [0, 0.1) is 0 Å². The van der Waals surface area contributed by atoms with E-state index < -0.39 is 18.2 Å². The van der Waals surface area contributed by atoms with E-state index in [0.717, 1.165) is 11.1 Å². The lowest BCUT2D eigenvalue weighted by molar-refractivity contribution is -0.120. The number of hydrogen-bond donors (Lipinski definition) is 3.